The highest BCUT2D eigenvalue weighted by molar-refractivity contribution is 6.34. The van der Waals surface area contributed by atoms with Crippen LogP contribution >= 0.6 is 11.6 Å². The second kappa shape index (κ2) is 6.13. The van der Waals surface area contributed by atoms with E-state index in [1.165, 1.54) is 6.20 Å². The van der Waals surface area contributed by atoms with Gasteiger partial charge in [0.25, 0.3) is 0 Å². The van der Waals surface area contributed by atoms with Crippen molar-refractivity contribution in [3.05, 3.63) is 46.6 Å². The third-order valence-electron chi connectivity index (χ3n) is 2.76. The molecule has 0 aliphatic rings. The Kier molecular flexibility index (Phi) is 4.28. The molecule has 0 aliphatic carbocycles. The first-order valence-electron chi connectivity index (χ1n) is 5.86. The quantitative estimate of drug-likeness (QED) is 0.845. The molecule has 0 saturated carbocycles. The smallest absolute Gasteiger partial charge is 0.146 e. The maximum absolute atomic E-state index is 8.92. The molecule has 102 valence electrons. The van der Waals surface area contributed by atoms with Crippen molar-refractivity contribution in [3.63, 3.8) is 0 Å². The molecule has 0 radical (unpaired) electrons. The number of pyridine rings is 1. The van der Waals surface area contributed by atoms with E-state index in [2.05, 4.69) is 10.3 Å². The normalized spacial score (nSPS) is 9.85. The molecule has 2 aromatic rings. The Hall–Kier alpha value is -2.45. The van der Waals surface area contributed by atoms with Gasteiger partial charge in [0.05, 0.1) is 12.7 Å². The summed E-state index contributed by atoms with van der Waals surface area (Å²) in [4.78, 5) is 4.11. The Bertz CT molecular complexity index is 665. The molecule has 6 heteroatoms. The zero-order valence-corrected chi connectivity index (χ0v) is 11.6. The van der Waals surface area contributed by atoms with Crippen molar-refractivity contribution in [3.8, 4) is 11.8 Å². The van der Waals surface area contributed by atoms with Gasteiger partial charge in [-0.05, 0) is 24.3 Å². The number of nitrogen functional groups attached to an aromatic ring is 1. The zero-order valence-electron chi connectivity index (χ0n) is 10.9. The van der Waals surface area contributed by atoms with Crippen molar-refractivity contribution < 1.29 is 4.74 Å². The van der Waals surface area contributed by atoms with E-state index < -0.39 is 0 Å². The molecule has 0 aliphatic heterocycles. The molecular formula is C14H13ClN4O. The van der Waals surface area contributed by atoms with Gasteiger partial charge in [-0.15, -0.1) is 0 Å². The fraction of sp³-hybridized carbons (Fsp3) is 0.143. The maximum Gasteiger partial charge on any atom is 0.146 e. The van der Waals surface area contributed by atoms with E-state index in [1.54, 1.807) is 25.3 Å². The van der Waals surface area contributed by atoms with Crippen LogP contribution in [0.2, 0.25) is 5.02 Å². The monoisotopic (exact) mass is 288 g/mol. The lowest BCUT2D eigenvalue weighted by Gasteiger charge is -2.12. The number of nitrogens with two attached hydrogens (primary N) is 1. The molecule has 0 spiro atoms. The average Bonchev–Trinajstić information content (AvgIpc) is 2.46. The predicted octanol–water partition coefficient (Wildman–Crippen LogP) is 2.81. The van der Waals surface area contributed by atoms with Crippen LogP contribution in [0.25, 0.3) is 0 Å². The Labute approximate surface area is 122 Å². The predicted molar refractivity (Wildman–Crippen MR) is 78.7 cm³/mol. The number of benzene rings is 1. The summed E-state index contributed by atoms with van der Waals surface area (Å²) in [7, 11) is 1.59. The number of nitrogens with one attached hydrogen (secondary N) is 1. The first-order chi connectivity index (χ1) is 9.65. The van der Waals surface area contributed by atoms with Crippen LogP contribution < -0.4 is 15.8 Å². The van der Waals surface area contributed by atoms with Crippen LogP contribution in [0.15, 0.2) is 30.5 Å². The van der Waals surface area contributed by atoms with Gasteiger partial charge in [0.15, 0.2) is 0 Å². The van der Waals surface area contributed by atoms with E-state index in [4.69, 9.17) is 27.3 Å². The summed E-state index contributed by atoms with van der Waals surface area (Å²) in [5.74, 6) is 1.18. The van der Waals surface area contributed by atoms with Crippen LogP contribution in [0.3, 0.4) is 0 Å². The summed E-state index contributed by atoms with van der Waals surface area (Å²) in [6, 6.07) is 8.95. The molecular weight excluding hydrogens is 276 g/mol. The number of anilines is 2. The number of ether oxygens (including phenoxy) is 1. The number of aromatic nitrogens is 1. The maximum atomic E-state index is 8.92. The average molecular weight is 289 g/mol. The minimum Gasteiger partial charge on any atom is -0.496 e. The summed E-state index contributed by atoms with van der Waals surface area (Å²) in [6.45, 7) is 0.440. The molecule has 0 atom stereocenters. The Morgan fingerprint density at radius 3 is 2.95 bits per heavy atom. The van der Waals surface area contributed by atoms with E-state index in [0.717, 1.165) is 11.3 Å². The molecule has 0 unspecified atom stereocenters. The lowest BCUT2D eigenvalue weighted by atomic mass is 10.1. The molecule has 0 amide bonds. The van der Waals surface area contributed by atoms with Gasteiger partial charge in [-0.25, -0.2) is 4.98 Å². The van der Waals surface area contributed by atoms with E-state index >= 15 is 0 Å². The number of nitriles is 1. The first kappa shape index (κ1) is 14.0. The van der Waals surface area contributed by atoms with E-state index in [9.17, 15) is 0 Å². The highest BCUT2D eigenvalue weighted by Gasteiger charge is 2.08. The topological polar surface area (TPSA) is 84.0 Å². The van der Waals surface area contributed by atoms with Gasteiger partial charge in [0.1, 0.15) is 22.7 Å². The van der Waals surface area contributed by atoms with Gasteiger partial charge in [-0.3, -0.25) is 0 Å². The number of halogens is 1. The number of rotatable bonds is 4. The fourth-order valence-electron chi connectivity index (χ4n) is 1.77. The third-order valence-corrected chi connectivity index (χ3v) is 3.14. The summed E-state index contributed by atoms with van der Waals surface area (Å²) in [5, 5.41) is 12.3. The summed E-state index contributed by atoms with van der Waals surface area (Å²) in [5.41, 5.74) is 7.66. The Morgan fingerprint density at radius 2 is 2.25 bits per heavy atom. The van der Waals surface area contributed by atoms with Gasteiger partial charge in [0, 0.05) is 24.0 Å². The molecule has 1 aromatic carbocycles. The van der Waals surface area contributed by atoms with Crippen molar-refractivity contribution in [2.75, 3.05) is 18.2 Å². The zero-order chi connectivity index (χ0) is 14.5. The molecule has 1 heterocycles. The lowest BCUT2D eigenvalue weighted by molar-refractivity contribution is 0.410. The van der Waals surface area contributed by atoms with Crippen LogP contribution in [0.1, 0.15) is 11.1 Å². The number of hydrogen-bond donors (Lipinski definition) is 2. The van der Waals surface area contributed by atoms with E-state index in [0.29, 0.717) is 28.6 Å². The van der Waals surface area contributed by atoms with E-state index in [1.807, 2.05) is 12.1 Å². The molecule has 0 saturated heterocycles. The van der Waals surface area contributed by atoms with Crippen molar-refractivity contribution >= 4 is 23.1 Å². The summed E-state index contributed by atoms with van der Waals surface area (Å²) in [6.07, 6.45) is 1.53. The standard InChI is InChI=1S/C14H13ClN4O/c1-20-12-3-2-11(17)6-10(12)8-19-14-13(15)9(7-16)4-5-18-14/h2-6H,8,17H2,1H3,(H,18,19). The van der Waals surface area contributed by atoms with Crippen LogP contribution in [0.4, 0.5) is 11.5 Å². The highest BCUT2D eigenvalue weighted by Crippen LogP contribution is 2.26. The van der Waals surface area contributed by atoms with Crippen LogP contribution in [0.5, 0.6) is 5.75 Å². The second-order valence-corrected chi connectivity index (χ2v) is 4.44. The van der Waals surface area contributed by atoms with Crippen LogP contribution in [0, 0.1) is 11.3 Å². The minimum atomic E-state index is 0.304. The second-order valence-electron chi connectivity index (χ2n) is 4.06. The van der Waals surface area contributed by atoms with Crippen LogP contribution in [-0.2, 0) is 6.54 Å². The number of hydrogen-bond acceptors (Lipinski definition) is 5. The van der Waals surface area contributed by atoms with Gasteiger partial charge in [-0.1, -0.05) is 11.6 Å². The lowest BCUT2D eigenvalue weighted by Crippen LogP contribution is -2.05. The first-order valence-corrected chi connectivity index (χ1v) is 6.24. The molecule has 0 fully saturated rings. The minimum absolute atomic E-state index is 0.304. The molecule has 2 rings (SSSR count). The molecule has 3 N–H and O–H groups in total. The van der Waals surface area contributed by atoms with Crippen molar-refractivity contribution in [1.82, 2.24) is 4.98 Å². The van der Waals surface area contributed by atoms with Gasteiger partial charge in [0.2, 0.25) is 0 Å². The molecule has 0 bridgehead atoms. The summed E-state index contributed by atoms with van der Waals surface area (Å²) < 4.78 is 5.26. The number of methoxy groups -OCH3 is 1. The van der Waals surface area contributed by atoms with Crippen LogP contribution in [-0.4, -0.2) is 12.1 Å². The highest BCUT2D eigenvalue weighted by atomic mass is 35.5. The van der Waals surface area contributed by atoms with Gasteiger partial charge >= 0.3 is 0 Å². The van der Waals surface area contributed by atoms with Crippen molar-refractivity contribution in [2.45, 2.75) is 6.54 Å². The Morgan fingerprint density at radius 1 is 1.45 bits per heavy atom. The molecule has 20 heavy (non-hydrogen) atoms. The van der Waals surface area contributed by atoms with E-state index in [-0.39, 0.29) is 0 Å². The Balaban J connectivity index is 2.21. The third kappa shape index (κ3) is 2.92. The number of nitrogens with zero attached hydrogens (tertiary/aromatic N) is 2. The van der Waals surface area contributed by atoms with Crippen molar-refractivity contribution in [1.29, 1.82) is 5.26 Å². The largest absolute Gasteiger partial charge is 0.496 e. The fourth-order valence-corrected chi connectivity index (χ4v) is 1.99. The molecule has 5 nitrogen and oxygen atoms in total. The van der Waals surface area contributed by atoms with Crippen molar-refractivity contribution in [2.24, 2.45) is 0 Å². The summed E-state index contributed by atoms with van der Waals surface area (Å²) >= 11 is 6.08. The van der Waals surface area contributed by atoms with Gasteiger partial charge in [-0.2, -0.15) is 5.26 Å². The van der Waals surface area contributed by atoms with Gasteiger partial charge < -0.3 is 15.8 Å². The SMILES string of the molecule is COc1ccc(N)cc1CNc1nccc(C#N)c1Cl. The molecule has 1 aromatic heterocycles.